The Morgan fingerprint density at radius 1 is 0.967 bits per heavy atom. The van der Waals surface area contributed by atoms with Crippen LogP contribution in [0.2, 0.25) is 5.02 Å². The molecule has 0 aliphatic carbocycles. The predicted molar refractivity (Wildman–Crippen MR) is 118 cm³/mol. The topological polar surface area (TPSA) is 77.8 Å². The van der Waals surface area contributed by atoms with Crippen molar-refractivity contribution in [2.24, 2.45) is 0 Å². The van der Waals surface area contributed by atoms with Gasteiger partial charge in [-0.15, -0.1) is 0 Å². The predicted octanol–water partition coefficient (Wildman–Crippen LogP) is 5.43. The zero-order valence-corrected chi connectivity index (χ0v) is 17.8. The molecular formula is C23H15BrClNO4. The first-order chi connectivity index (χ1) is 14.4. The number of carbonyl (C=O) groups excluding carboxylic acids is 2. The quantitative estimate of drug-likeness (QED) is 0.295. The van der Waals surface area contributed by atoms with Crippen molar-refractivity contribution in [1.29, 1.82) is 0 Å². The van der Waals surface area contributed by atoms with Crippen molar-refractivity contribution >= 4 is 50.7 Å². The molecule has 0 saturated carbocycles. The second-order valence-electron chi connectivity index (χ2n) is 6.72. The first-order valence-electron chi connectivity index (χ1n) is 8.99. The Hall–Kier alpha value is -3.09. The highest BCUT2D eigenvalue weighted by Crippen LogP contribution is 2.43. The summed E-state index contributed by atoms with van der Waals surface area (Å²) in [5.41, 5.74) is 1.34. The minimum atomic E-state index is -0.908. The Bertz CT molecular complexity index is 1180. The molecule has 1 aliphatic heterocycles. The van der Waals surface area contributed by atoms with Gasteiger partial charge in [0.1, 0.15) is 11.5 Å². The van der Waals surface area contributed by atoms with E-state index in [-0.39, 0.29) is 22.1 Å². The van der Waals surface area contributed by atoms with Crippen molar-refractivity contribution in [2.75, 3.05) is 4.90 Å². The fourth-order valence-electron chi connectivity index (χ4n) is 3.46. The minimum Gasteiger partial charge on any atom is -0.507 e. The highest BCUT2D eigenvalue weighted by molar-refractivity contribution is 9.10. The summed E-state index contributed by atoms with van der Waals surface area (Å²) in [5, 5.41) is 20.9. The number of ketones is 1. The van der Waals surface area contributed by atoms with Gasteiger partial charge in [-0.25, -0.2) is 0 Å². The third-order valence-electron chi connectivity index (χ3n) is 4.88. The van der Waals surface area contributed by atoms with Gasteiger partial charge in [0, 0.05) is 15.7 Å². The number of aliphatic hydroxyl groups is 1. The van der Waals surface area contributed by atoms with Gasteiger partial charge in [0.25, 0.3) is 11.7 Å². The monoisotopic (exact) mass is 483 g/mol. The number of phenolic OH excluding ortho intramolecular Hbond substituents is 1. The Labute approximate surface area is 186 Å². The molecule has 5 nitrogen and oxygen atoms in total. The number of benzene rings is 3. The van der Waals surface area contributed by atoms with Gasteiger partial charge in [-0.2, -0.15) is 0 Å². The smallest absolute Gasteiger partial charge is 0.300 e. The largest absolute Gasteiger partial charge is 0.507 e. The Kier molecular flexibility index (Phi) is 5.37. The van der Waals surface area contributed by atoms with Crippen LogP contribution in [0.25, 0.3) is 5.76 Å². The molecule has 1 fully saturated rings. The molecule has 0 radical (unpaired) electrons. The summed E-state index contributed by atoms with van der Waals surface area (Å²) in [6.07, 6.45) is 0. The summed E-state index contributed by atoms with van der Waals surface area (Å²) in [6, 6.07) is 19.0. The molecule has 0 aromatic heterocycles. The van der Waals surface area contributed by atoms with Gasteiger partial charge < -0.3 is 10.2 Å². The third-order valence-corrected chi connectivity index (χ3v) is 5.72. The van der Waals surface area contributed by atoms with E-state index in [2.05, 4.69) is 15.9 Å². The van der Waals surface area contributed by atoms with E-state index in [1.54, 1.807) is 60.7 Å². The van der Waals surface area contributed by atoms with E-state index in [1.807, 2.05) is 0 Å². The van der Waals surface area contributed by atoms with Crippen LogP contribution in [0.5, 0.6) is 5.75 Å². The SMILES string of the molecule is O=C1C(=O)N(c2ccccc2)C(c2ccc(O)c(Cl)c2)/C1=C(/O)c1ccc(Br)cc1. The molecule has 1 unspecified atom stereocenters. The molecule has 0 bridgehead atoms. The average Bonchev–Trinajstić information content (AvgIpc) is 3.01. The summed E-state index contributed by atoms with van der Waals surface area (Å²) in [6.45, 7) is 0. The maximum absolute atomic E-state index is 13.0. The van der Waals surface area contributed by atoms with Crippen molar-refractivity contribution < 1.29 is 19.8 Å². The molecule has 7 heteroatoms. The van der Waals surface area contributed by atoms with Gasteiger partial charge in [-0.05, 0) is 42.0 Å². The van der Waals surface area contributed by atoms with Crippen LogP contribution in [0, 0.1) is 0 Å². The molecule has 1 saturated heterocycles. The van der Waals surface area contributed by atoms with Crippen LogP contribution in [0.1, 0.15) is 17.2 Å². The van der Waals surface area contributed by atoms with Crippen LogP contribution in [0.3, 0.4) is 0 Å². The molecule has 2 N–H and O–H groups in total. The number of nitrogens with zero attached hydrogens (tertiary/aromatic N) is 1. The highest BCUT2D eigenvalue weighted by atomic mass is 79.9. The number of para-hydroxylation sites is 1. The number of phenols is 1. The fourth-order valence-corrected chi connectivity index (χ4v) is 3.91. The minimum absolute atomic E-state index is 0.0482. The van der Waals surface area contributed by atoms with E-state index in [4.69, 9.17) is 11.6 Å². The molecule has 1 amide bonds. The summed E-state index contributed by atoms with van der Waals surface area (Å²) in [5.74, 6) is -1.96. The number of rotatable bonds is 3. The van der Waals surface area contributed by atoms with Gasteiger partial charge in [-0.3, -0.25) is 14.5 Å². The zero-order valence-electron chi connectivity index (χ0n) is 15.4. The summed E-state index contributed by atoms with van der Waals surface area (Å²) >= 11 is 9.44. The summed E-state index contributed by atoms with van der Waals surface area (Å²) in [4.78, 5) is 27.3. The van der Waals surface area contributed by atoms with Crippen molar-refractivity contribution in [3.63, 3.8) is 0 Å². The number of aliphatic hydroxyl groups excluding tert-OH is 1. The molecular weight excluding hydrogens is 470 g/mol. The lowest BCUT2D eigenvalue weighted by molar-refractivity contribution is -0.132. The van der Waals surface area contributed by atoms with E-state index in [1.165, 1.54) is 17.0 Å². The standard InChI is InChI=1S/C23H15BrClNO4/c24-15-9-6-13(7-10-15)21(28)19-20(14-8-11-18(27)17(25)12-14)26(23(30)22(19)29)16-4-2-1-3-5-16/h1-12,20,27-28H/b21-19-. The number of halogens is 2. The van der Waals surface area contributed by atoms with Crippen molar-refractivity contribution in [1.82, 2.24) is 0 Å². The number of carbonyl (C=O) groups is 2. The van der Waals surface area contributed by atoms with Crippen molar-refractivity contribution in [2.45, 2.75) is 6.04 Å². The van der Waals surface area contributed by atoms with Crippen molar-refractivity contribution in [3.05, 3.63) is 99.0 Å². The number of hydrogen-bond acceptors (Lipinski definition) is 4. The molecule has 150 valence electrons. The first kappa shape index (κ1) is 20.2. The number of hydrogen-bond donors (Lipinski definition) is 2. The second-order valence-corrected chi connectivity index (χ2v) is 8.05. The fraction of sp³-hybridized carbons (Fsp3) is 0.0435. The van der Waals surface area contributed by atoms with Gasteiger partial charge in [-0.1, -0.05) is 63.9 Å². The molecule has 0 spiro atoms. The van der Waals surface area contributed by atoms with Crippen LogP contribution >= 0.6 is 27.5 Å². The van der Waals surface area contributed by atoms with Crippen molar-refractivity contribution in [3.8, 4) is 5.75 Å². The van der Waals surface area contributed by atoms with E-state index < -0.39 is 17.7 Å². The second kappa shape index (κ2) is 7.97. The van der Waals surface area contributed by atoms with Crippen LogP contribution in [-0.2, 0) is 9.59 Å². The molecule has 3 aromatic carbocycles. The Morgan fingerprint density at radius 2 is 1.63 bits per heavy atom. The zero-order chi connectivity index (χ0) is 21.4. The normalized spacial score (nSPS) is 18.1. The third kappa shape index (κ3) is 3.49. The number of aromatic hydroxyl groups is 1. The number of amides is 1. The lowest BCUT2D eigenvalue weighted by Gasteiger charge is -2.25. The highest BCUT2D eigenvalue weighted by Gasteiger charge is 2.47. The van der Waals surface area contributed by atoms with Gasteiger partial charge in [0.15, 0.2) is 0 Å². The number of anilines is 1. The van der Waals surface area contributed by atoms with Gasteiger partial charge in [0.2, 0.25) is 0 Å². The van der Waals surface area contributed by atoms with Crippen LogP contribution in [-0.4, -0.2) is 21.9 Å². The molecule has 4 rings (SSSR count). The number of Topliss-reactive ketones (excluding diaryl/α,β-unsaturated/α-hetero) is 1. The van der Waals surface area contributed by atoms with E-state index in [9.17, 15) is 19.8 Å². The Morgan fingerprint density at radius 3 is 2.27 bits per heavy atom. The molecule has 1 atom stereocenters. The van der Waals surface area contributed by atoms with Crippen LogP contribution in [0.15, 0.2) is 82.8 Å². The lowest BCUT2D eigenvalue weighted by atomic mass is 9.95. The molecule has 1 aliphatic rings. The maximum Gasteiger partial charge on any atom is 0.300 e. The first-order valence-corrected chi connectivity index (χ1v) is 10.2. The van der Waals surface area contributed by atoms with E-state index in [0.717, 1.165) is 4.47 Å². The molecule has 1 heterocycles. The van der Waals surface area contributed by atoms with Crippen LogP contribution in [0.4, 0.5) is 5.69 Å². The average molecular weight is 485 g/mol. The van der Waals surface area contributed by atoms with E-state index >= 15 is 0 Å². The maximum atomic E-state index is 13.0. The summed E-state index contributed by atoms with van der Waals surface area (Å²) in [7, 11) is 0. The summed E-state index contributed by atoms with van der Waals surface area (Å²) < 4.78 is 0.811. The molecule has 30 heavy (non-hydrogen) atoms. The van der Waals surface area contributed by atoms with Gasteiger partial charge >= 0.3 is 0 Å². The lowest BCUT2D eigenvalue weighted by Crippen LogP contribution is -2.29. The van der Waals surface area contributed by atoms with Crippen LogP contribution < -0.4 is 4.90 Å². The Balaban J connectivity index is 1.96. The van der Waals surface area contributed by atoms with E-state index in [0.29, 0.717) is 16.8 Å². The molecule has 3 aromatic rings. The van der Waals surface area contributed by atoms with Gasteiger partial charge in [0.05, 0.1) is 16.6 Å².